The molecule has 0 atom stereocenters. The third kappa shape index (κ3) is 4.95. The van der Waals surface area contributed by atoms with Crippen molar-refractivity contribution in [2.45, 2.75) is 17.9 Å². The molecule has 10 heteroatoms. The Balaban J connectivity index is 1.47. The van der Waals surface area contributed by atoms with Gasteiger partial charge < -0.3 is 18.9 Å². The van der Waals surface area contributed by atoms with E-state index in [1.807, 2.05) is 0 Å². The van der Waals surface area contributed by atoms with E-state index in [-0.39, 0.29) is 30.2 Å². The number of sulfonamides is 1. The van der Waals surface area contributed by atoms with Crippen molar-refractivity contribution in [3.05, 3.63) is 52.5 Å². The molecule has 0 saturated carbocycles. The summed E-state index contributed by atoms with van der Waals surface area (Å²) in [5.74, 6) is 0.354. The Kier molecular flexibility index (Phi) is 6.66. The van der Waals surface area contributed by atoms with Crippen molar-refractivity contribution in [1.82, 2.24) is 4.31 Å². The molecule has 1 fully saturated rings. The van der Waals surface area contributed by atoms with Crippen LogP contribution in [0.4, 0.5) is 0 Å². The minimum atomic E-state index is -3.71. The van der Waals surface area contributed by atoms with E-state index < -0.39 is 16.0 Å². The zero-order valence-electron chi connectivity index (χ0n) is 16.7. The molecule has 0 aromatic heterocycles. The van der Waals surface area contributed by atoms with E-state index in [0.29, 0.717) is 48.5 Å². The number of nitrogens with zero attached hydrogens (tertiary/aromatic N) is 1. The molecule has 0 bridgehead atoms. The van der Waals surface area contributed by atoms with Crippen molar-refractivity contribution < 1.29 is 32.2 Å². The Labute approximate surface area is 185 Å². The molecular formula is C21H22ClNO7S. The van der Waals surface area contributed by atoms with E-state index in [0.717, 1.165) is 6.42 Å². The number of morpholine rings is 1. The summed E-state index contributed by atoms with van der Waals surface area (Å²) in [6, 6.07) is 9.20. The fraction of sp³-hybridized carbons (Fsp3) is 0.381. The summed E-state index contributed by atoms with van der Waals surface area (Å²) in [4.78, 5) is 12.6. The van der Waals surface area contributed by atoms with E-state index in [2.05, 4.69) is 0 Å². The average Bonchev–Trinajstić information content (AvgIpc) is 3.04. The molecule has 0 radical (unpaired) electrons. The molecule has 166 valence electrons. The molecule has 2 aromatic carbocycles. The smallest absolute Gasteiger partial charge is 0.338 e. The van der Waals surface area contributed by atoms with E-state index in [4.69, 9.17) is 30.5 Å². The maximum Gasteiger partial charge on any atom is 0.338 e. The molecule has 4 rings (SSSR count). The second-order valence-corrected chi connectivity index (χ2v) is 9.42. The summed E-state index contributed by atoms with van der Waals surface area (Å²) < 4.78 is 48.8. The number of ether oxygens (including phenoxy) is 4. The number of halogens is 1. The molecule has 31 heavy (non-hydrogen) atoms. The van der Waals surface area contributed by atoms with Gasteiger partial charge in [-0.15, -0.1) is 0 Å². The van der Waals surface area contributed by atoms with Crippen LogP contribution in [0.3, 0.4) is 0 Å². The fourth-order valence-corrected chi connectivity index (χ4v) is 5.06. The molecule has 2 heterocycles. The van der Waals surface area contributed by atoms with Crippen molar-refractivity contribution in [2.24, 2.45) is 0 Å². The maximum atomic E-state index is 12.8. The number of esters is 1. The van der Waals surface area contributed by atoms with E-state index in [9.17, 15) is 13.2 Å². The fourth-order valence-electron chi connectivity index (χ4n) is 3.32. The lowest BCUT2D eigenvalue weighted by Crippen LogP contribution is -2.40. The first kappa shape index (κ1) is 21.9. The topological polar surface area (TPSA) is 91.4 Å². The number of rotatable bonds is 5. The quantitative estimate of drug-likeness (QED) is 0.624. The van der Waals surface area contributed by atoms with Gasteiger partial charge in [0.05, 0.1) is 41.9 Å². The average molecular weight is 468 g/mol. The largest absolute Gasteiger partial charge is 0.489 e. The first-order valence-electron chi connectivity index (χ1n) is 9.88. The number of carbonyl (C=O) groups excluding carboxylic acids is 1. The number of carbonyl (C=O) groups is 1. The lowest BCUT2D eigenvalue weighted by atomic mass is 10.2. The first-order valence-corrected chi connectivity index (χ1v) is 11.7. The zero-order chi connectivity index (χ0) is 21.8. The van der Waals surface area contributed by atoms with Crippen LogP contribution in [0.2, 0.25) is 5.02 Å². The lowest BCUT2D eigenvalue weighted by Gasteiger charge is -2.26. The van der Waals surface area contributed by atoms with Crippen LogP contribution in [0, 0.1) is 0 Å². The van der Waals surface area contributed by atoms with Gasteiger partial charge in [0.15, 0.2) is 11.5 Å². The van der Waals surface area contributed by atoms with E-state index in [1.54, 1.807) is 12.1 Å². The van der Waals surface area contributed by atoms with Gasteiger partial charge in [0.25, 0.3) is 0 Å². The number of benzene rings is 2. The predicted molar refractivity (Wildman–Crippen MR) is 112 cm³/mol. The van der Waals surface area contributed by atoms with Gasteiger partial charge in [-0.05, 0) is 35.9 Å². The minimum Gasteiger partial charge on any atom is -0.489 e. The summed E-state index contributed by atoms with van der Waals surface area (Å²) in [5.41, 5.74) is 0.787. The number of fused-ring (bicyclic) bond motifs is 1. The van der Waals surface area contributed by atoms with E-state index in [1.165, 1.54) is 28.6 Å². The standard InChI is InChI=1S/C21H22ClNO7S/c22-18-11-15(12-19-20(18)29-8-2-7-28-19)14-30-21(24)16-3-1-4-17(13-16)31(25,26)23-5-9-27-10-6-23/h1,3-4,11-13H,2,5-10,14H2. The summed E-state index contributed by atoms with van der Waals surface area (Å²) >= 11 is 6.27. The molecule has 0 aliphatic carbocycles. The van der Waals surface area contributed by atoms with Crippen LogP contribution in [0.5, 0.6) is 11.5 Å². The molecule has 0 N–H and O–H groups in total. The van der Waals surface area contributed by atoms with Crippen LogP contribution in [0.15, 0.2) is 41.3 Å². The van der Waals surface area contributed by atoms with Crippen LogP contribution in [0.25, 0.3) is 0 Å². The Morgan fingerprint density at radius 1 is 1.06 bits per heavy atom. The minimum absolute atomic E-state index is 0.0440. The van der Waals surface area contributed by atoms with Gasteiger partial charge in [0.2, 0.25) is 10.0 Å². The van der Waals surface area contributed by atoms with Crippen LogP contribution >= 0.6 is 11.6 Å². The Morgan fingerprint density at radius 3 is 2.65 bits per heavy atom. The van der Waals surface area contributed by atoms with Crippen molar-refractivity contribution in [3.63, 3.8) is 0 Å². The first-order chi connectivity index (χ1) is 14.9. The third-order valence-corrected chi connectivity index (χ3v) is 7.08. The van der Waals surface area contributed by atoms with E-state index >= 15 is 0 Å². The van der Waals surface area contributed by atoms with Crippen molar-refractivity contribution in [3.8, 4) is 11.5 Å². The molecule has 2 aromatic rings. The van der Waals surface area contributed by atoms with Crippen molar-refractivity contribution >= 4 is 27.6 Å². The summed E-state index contributed by atoms with van der Waals surface area (Å²) in [7, 11) is -3.71. The molecule has 2 aliphatic heterocycles. The summed E-state index contributed by atoms with van der Waals surface area (Å²) in [6.45, 7) is 2.24. The molecule has 0 spiro atoms. The maximum absolute atomic E-state index is 12.8. The Hall–Kier alpha value is -2.33. The van der Waals surface area contributed by atoms with Gasteiger partial charge >= 0.3 is 5.97 Å². The van der Waals surface area contributed by atoms with Crippen LogP contribution in [0.1, 0.15) is 22.3 Å². The number of hydrogen-bond donors (Lipinski definition) is 0. The lowest BCUT2D eigenvalue weighted by molar-refractivity contribution is 0.0472. The highest BCUT2D eigenvalue weighted by atomic mass is 35.5. The van der Waals surface area contributed by atoms with Gasteiger partial charge in [-0.2, -0.15) is 4.31 Å². The monoisotopic (exact) mass is 467 g/mol. The van der Waals surface area contributed by atoms with Crippen molar-refractivity contribution in [2.75, 3.05) is 39.5 Å². The molecule has 0 amide bonds. The highest BCUT2D eigenvalue weighted by Crippen LogP contribution is 2.38. The van der Waals surface area contributed by atoms with Crippen LogP contribution in [-0.4, -0.2) is 58.2 Å². The third-order valence-electron chi connectivity index (χ3n) is 4.91. The number of hydrogen-bond acceptors (Lipinski definition) is 7. The molecule has 0 unspecified atom stereocenters. The van der Waals surface area contributed by atoms with Gasteiger partial charge in [-0.25, -0.2) is 13.2 Å². The second-order valence-electron chi connectivity index (χ2n) is 7.08. The summed E-state index contributed by atoms with van der Waals surface area (Å²) in [5, 5.41) is 0.379. The SMILES string of the molecule is O=C(OCc1cc(Cl)c2c(c1)OCCCO2)c1cccc(S(=O)(=O)N2CCOCC2)c1. The zero-order valence-corrected chi connectivity index (χ0v) is 18.3. The highest BCUT2D eigenvalue weighted by Gasteiger charge is 2.27. The van der Waals surface area contributed by atoms with Crippen LogP contribution in [-0.2, 0) is 26.1 Å². The van der Waals surface area contributed by atoms with Gasteiger partial charge in [0, 0.05) is 19.5 Å². The molecule has 8 nitrogen and oxygen atoms in total. The van der Waals surface area contributed by atoms with Gasteiger partial charge in [-0.3, -0.25) is 0 Å². The predicted octanol–water partition coefficient (Wildman–Crippen LogP) is 2.88. The van der Waals surface area contributed by atoms with Crippen molar-refractivity contribution in [1.29, 1.82) is 0 Å². The highest BCUT2D eigenvalue weighted by molar-refractivity contribution is 7.89. The second kappa shape index (κ2) is 9.44. The normalized spacial score (nSPS) is 17.1. The van der Waals surface area contributed by atoms with Crippen LogP contribution < -0.4 is 9.47 Å². The molecular weight excluding hydrogens is 446 g/mol. The molecule has 1 saturated heterocycles. The Bertz CT molecular complexity index is 1070. The van der Waals surface area contributed by atoms with Gasteiger partial charge in [-0.1, -0.05) is 17.7 Å². The Morgan fingerprint density at radius 2 is 1.84 bits per heavy atom. The summed E-state index contributed by atoms with van der Waals surface area (Å²) in [6.07, 6.45) is 0.749. The van der Waals surface area contributed by atoms with Gasteiger partial charge in [0.1, 0.15) is 6.61 Å². The molecule has 2 aliphatic rings.